The Labute approximate surface area is 599 Å². The first-order valence-electron chi connectivity index (χ1n) is 30.5. The van der Waals surface area contributed by atoms with E-state index in [1.807, 2.05) is 47.2 Å². The molecule has 4 aromatic carbocycles. The first kappa shape index (κ1) is 96.1. The van der Waals surface area contributed by atoms with E-state index < -0.39 is 5.97 Å². The number of benzene rings is 4. The first-order valence-corrected chi connectivity index (χ1v) is 31.3. The van der Waals surface area contributed by atoms with E-state index in [4.69, 9.17) is 42.7 Å². The van der Waals surface area contributed by atoms with Crippen LogP contribution in [0.5, 0.6) is 0 Å². The topological polar surface area (TPSA) is 167 Å². The molecule has 16 heteroatoms. The van der Waals surface area contributed by atoms with Crippen LogP contribution in [0.1, 0.15) is 221 Å². The molecular weight excluding hydrogens is 1370 g/mol. The van der Waals surface area contributed by atoms with E-state index in [2.05, 4.69) is 46.3 Å². The summed E-state index contributed by atoms with van der Waals surface area (Å²) in [6.07, 6.45) is 32.6. The summed E-state index contributed by atoms with van der Waals surface area (Å²) in [5, 5.41) is 11.9. The molecule has 1 radical (unpaired) electrons. The molecule has 5 aliphatic carbocycles. The summed E-state index contributed by atoms with van der Waals surface area (Å²) in [6, 6.07) is 26.5. The second kappa shape index (κ2) is 52.6. The van der Waals surface area contributed by atoms with Crippen molar-refractivity contribution in [1.29, 1.82) is 0 Å². The molecule has 2 heterocycles. The van der Waals surface area contributed by atoms with Crippen LogP contribution >= 0.6 is 23.2 Å². The van der Waals surface area contributed by atoms with Crippen molar-refractivity contribution in [2.75, 3.05) is 0 Å². The zero-order valence-electron chi connectivity index (χ0n) is 56.3. The summed E-state index contributed by atoms with van der Waals surface area (Å²) >= 11 is 12.0. The van der Waals surface area contributed by atoms with E-state index in [-0.39, 0.29) is 121 Å². The number of hydrogen-bond acceptors (Lipinski definition) is 8. The second-order valence-electron chi connectivity index (χ2n) is 22.9. The van der Waals surface area contributed by atoms with Crippen LogP contribution in [-0.4, -0.2) is 64.0 Å². The normalized spacial score (nSPS) is 14.1. The summed E-state index contributed by atoms with van der Waals surface area (Å²) in [4.78, 5) is 85.1. The predicted octanol–water partition coefficient (Wildman–Crippen LogP) is 19.9. The Morgan fingerprint density at radius 3 is 0.935 bits per heavy atom. The van der Waals surface area contributed by atoms with E-state index in [1.54, 1.807) is 48.5 Å². The van der Waals surface area contributed by atoms with Crippen LogP contribution < -0.4 is 0 Å². The first-order chi connectivity index (χ1) is 40.7. The predicted molar refractivity (Wildman–Crippen MR) is 373 cm³/mol. The summed E-state index contributed by atoms with van der Waals surface area (Å²) < 4.78 is 3.62. The van der Waals surface area contributed by atoms with Gasteiger partial charge in [-0.1, -0.05) is 149 Å². The third-order valence-electron chi connectivity index (χ3n) is 17.1. The fourth-order valence-electron chi connectivity index (χ4n) is 12.5. The number of carbonyl (C=O) groups is 5. The SMILES string of the molecule is C1CCCC1.C1CCCC1.Cc1ccc2c(c1)c(CCCC(=O)C1CCCC1)c(C)n2C(=O)c1ccc(Cl)cc1.Cc1ccc2c(c1)c(CCCC(=O)C1CCCC1)c(C)n2C(=O)c1ccc(Cl)cc1.O=C(O)C1CCCC1.[CH-]=O.[CH-]=O.[CH-]=O.[CH3-].[CH3-].[CH3-].[CH3-].[CH3-].[Fe+2].[Fe+2].[Tc+4]. The molecule has 5 fully saturated rings. The Bertz CT molecular complexity index is 2820. The number of aliphatic carboxylic acids is 1. The van der Waals surface area contributed by atoms with Gasteiger partial charge in [-0.25, -0.2) is 0 Å². The van der Waals surface area contributed by atoms with Gasteiger partial charge in [-0.15, -0.1) is 0 Å². The van der Waals surface area contributed by atoms with Gasteiger partial charge in [-0.2, -0.15) is 0 Å². The molecule has 0 unspecified atom stereocenters. The Kier molecular flexibility index (Phi) is 55.0. The molecule has 6 aromatic rings. The number of carbonyl (C=O) groups excluding carboxylic acids is 7. The van der Waals surface area contributed by atoms with Crippen molar-refractivity contribution < 1.29 is 97.7 Å². The fraction of sp³-hybridized carbons (Fsp3) is 0.461. The van der Waals surface area contributed by atoms with Crippen molar-refractivity contribution in [3.8, 4) is 0 Å². The number of carboxylic acid groups (broad SMARTS) is 1. The number of carboxylic acids is 1. The molecule has 2 aromatic heterocycles. The molecule has 92 heavy (non-hydrogen) atoms. The molecule has 5 saturated carbocycles. The van der Waals surface area contributed by atoms with Gasteiger partial charge in [0.2, 0.25) is 0 Å². The largest absolute Gasteiger partial charge is 4.00 e. The third kappa shape index (κ3) is 29.2. The van der Waals surface area contributed by atoms with Gasteiger partial charge in [0.1, 0.15) is 11.6 Å². The molecule has 11 nitrogen and oxygen atoms in total. The molecular formula is C76H104Cl2Fe2N2O9Tc. The van der Waals surface area contributed by atoms with E-state index >= 15 is 0 Å². The number of hydrogen-bond donors (Lipinski definition) is 1. The Balaban J connectivity index is -0.000000379. The number of Topliss-reactive ketones (excluding diaryl/α,β-unsaturated/α-hetero) is 2. The number of aryl methyl sites for hydroxylation is 4. The van der Waals surface area contributed by atoms with Crippen LogP contribution in [0.4, 0.5) is 0 Å². The smallest absolute Gasteiger partial charge is 0.545 e. The van der Waals surface area contributed by atoms with Crippen molar-refractivity contribution in [2.24, 2.45) is 17.8 Å². The maximum Gasteiger partial charge on any atom is 4.00 e. The summed E-state index contributed by atoms with van der Waals surface area (Å²) in [5.41, 5.74) is 9.69. The van der Waals surface area contributed by atoms with Gasteiger partial charge in [0.25, 0.3) is 11.8 Å². The number of ketones is 2. The molecule has 0 amide bonds. The summed E-state index contributed by atoms with van der Waals surface area (Å²) in [7, 11) is 0. The van der Waals surface area contributed by atoms with Crippen molar-refractivity contribution in [2.45, 2.75) is 207 Å². The average molecular weight is 1470 g/mol. The van der Waals surface area contributed by atoms with Crippen molar-refractivity contribution in [3.63, 3.8) is 0 Å². The van der Waals surface area contributed by atoms with E-state index in [0.29, 0.717) is 45.6 Å². The number of nitrogens with zero attached hydrogens (tertiary/aromatic N) is 2. The van der Waals surface area contributed by atoms with Gasteiger partial charge in [0, 0.05) is 68.0 Å². The number of fused-ring (bicyclic) bond motifs is 2. The van der Waals surface area contributed by atoms with E-state index in [1.165, 1.54) is 112 Å². The molecule has 11 rings (SSSR count). The monoisotopic (exact) mass is 1470 g/mol. The van der Waals surface area contributed by atoms with Gasteiger partial charge in [0.15, 0.2) is 0 Å². The fourth-order valence-corrected chi connectivity index (χ4v) is 12.8. The maximum atomic E-state index is 13.3. The molecule has 0 saturated heterocycles. The van der Waals surface area contributed by atoms with Gasteiger partial charge in [-0.05, 0) is 176 Å². The van der Waals surface area contributed by atoms with Gasteiger partial charge in [0.05, 0.1) is 17.0 Å². The van der Waals surface area contributed by atoms with Crippen molar-refractivity contribution in [3.05, 3.63) is 177 Å². The molecule has 0 aliphatic heterocycles. The zero-order chi connectivity index (χ0) is 61.6. The minimum atomic E-state index is -0.609. The standard InChI is InChI=1S/2C26H28ClNO2.C6H10O2.2C5H10.3CHO.5CH3.2Fe.Tc/c2*1-17-10-15-24-23(16-17)22(8-5-9-25(29)19-6-3-4-7-19)18(2)28(24)26(30)20-11-13-21(27)14-12-20;7-6(8)5-3-1-2-4-5;2*1-2-4-5-3-1;3*1-2;;;;;;;;/h2*10-16,19H,3-9H2,1-2H3;5H,1-4H2,(H,7,8);2*1-5H2;3*1H;5*1H3;;;/q;;;;;8*-1;2*+2;+4. The van der Waals surface area contributed by atoms with Gasteiger partial charge >= 0.3 is 60.2 Å². The number of rotatable bonds is 13. The molecule has 0 atom stereocenters. The zero-order valence-corrected chi connectivity index (χ0v) is 61.9. The molecule has 5 aliphatic rings. The van der Waals surface area contributed by atoms with Crippen LogP contribution in [0.3, 0.4) is 0 Å². The van der Waals surface area contributed by atoms with Crippen molar-refractivity contribution in [1.82, 2.24) is 9.13 Å². The molecule has 0 spiro atoms. The number of aromatic nitrogens is 2. The quantitative estimate of drug-likeness (QED) is 0.0672. The van der Waals surface area contributed by atoms with Crippen LogP contribution in [0.25, 0.3) is 21.8 Å². The van der Waals surface area contributed by atoms with Crippen molar-refractivity contribution >= 4 is 94.7 Å². The minimum Gasteiger partial charge on any atom is -0.545 e. The molecule has 0 bridgehead atoms. The Morgan fingerprint density at radius 1 is 0.424 bits per heavy atom. The number of halogens is 2. The van der Waals surface area contributed by atoms with Crippen LogP contribution in [0, 0.1) is 82.6 Å². The Morgan fingerprint density at radius 2 is 0.685 bits per heavy atom. The molecule has 509 valence electrons. The average Bonchev–Trinajstić information content (AvgIpc) is 1.63. The van der Waals surface area contributed by atoms with E-state index in [0.717, 1.165) is 110 Å². The maximum absolute atomic E-state index is 13.3. The van der Waals surface area contributed by atoms with Crippen LogP contribution in [-0.2, 0) is 95.9 Å². The minimum absolute atomic E-state index is 0. The van der Waals surface area contributed by atoms with Gasteiger partial charge in [-0.3, -0.25) is 53.5 Å². The summed E-state index contributed by atoms with van der Waals surface area (Å²) in [6.45, 7) is 17.9. The molecule has 1 N–H and O–H groups in total. The van der Waals surface area contributed by atoms with Crippen LogP contribution in [0.2, 0.25) is 10.0 Å². The van der Waals surface area contributed by atoms with E-state index in [9.17, 15) is 24.0 Å². The van der Waals surface area contributed by atoms with Gasteiger partial charge < -0.3 is 56.6 Å². The summed E-state index contributed by atoms with van der Waals surface area (Å²) in [5.74, 6) is 0.669. The third-order valence-corrected chi connectivity index (χ3v) is 17.6. The van der Waals surface area contributed by atoms with Crippen LogP contribution in [0.15, 0.2) is 84.9 Å². The second-order valence-corrected chi connectivity index (χ2v) is 23.8. The Hall–Kier alpha value is -4.61.